The highest BCUT2D eigenvalue weighted by molar-refractivity contribution is 6.34. The van der Waals surface area contributed by atoms with E-state index in [9.17, 15) is 9.59 Å². The van der Waals surface area contributed by atoms with Gasteiger partial charge in [-0.15, -0.1) is 6.58 Å². The van der Waals surface area contributed by atoms with Crippen LogP contribution in [-0.2, 0) is 0 Å². The van der Waals surface area contributed by atoms with Gasteiger partial charge < -0.3 is 10.6 Å². The zero-order valence-corrected chi connectivity index (χ0v) is 14.3. The Hall–Kier alpha value is -2.66. The second kappa shape index (κ2) is 7.75. The number of carbonyl (C=O) groups is 2. The topological polar surface area (TPSA) is 71.1 Å². The average molecular weight is 344 g/mol. The van der Waals surface area contributed by atoms with E-state index in [1.807, 2.05) is 19.9 Å². The lowest BCUT2D eigenvalue weighted by atomic mass is 10.1. The molecule has 2 aromatic rings. The molecule has 0 atom stereocenters. The summed E-state index contributed by atoms with van der Waals surface area (Å²) in [7, 11) is 0. The molecule has 0 radical (unpaired) electrons. The first kappa shape index (κ1) is 17.7. The predicted octanol–water partition coefficient (Wildman–Crippen LogP) is 3.52. The number of aromatic nitrogens is 1. The van der Waals surface area contributed by atoms with E-state index < -0.39 is 5.91 Å². The van der Waals surface area contributed by atoms with Gasteiger partial charge in [-0.05, 0) is 43.2 Å². The normalized spacial score (nSPS) is 10.1. The zero-order valence-electron chi connectivity index (χ0n) is 13.5. The van der Waals surface area contributed by atoms with E-state index in [1.165, 1.54) is 12.3 Å². The lowest BCUT2D eigenvalue weighted by Crippen LogP contribution is -2.24. The maximum Gasteiger partial charge on any atom is 0.274 e. The van der Waals surface area contributed by atoms with Crippen molar-refractivity contribution in [3.05, 3.63) is 70.5 Å². The van der Waals surface area contributed by atoms with Crippen LogP contribution in [0.25, 0.3) is 0 Å². The Bertz CT molecular complexity index is 780. The molecule has 0 unspecified atom stereocenters. The molecule has 24 heavy (non-hydrogen) atoms. The number of nitrogens with one attached hydrogen (secondary N) is 2. The second-order valence-electron chi connectivity index (χ2n) is 5.32. The summed E-state index contributed by atoms with van der Waals surface area (Å²) in [6, 6.07) is 6.68. The van der Waals surface area contributed by atoms with Gasteiger partial charge in [0, 0.05) is 18.3 Å². The van der Waals surface area contributed by atoms with Gasteiger partial charge >= 0.3 is 0 Å². The SMILES string of the molecule is C=CCNC(=O)c1ccnc(C(=O)Nc2c(C)cc(C)cc2Cl)c1. The van der Waals surface area contributed by atoms with E-state index in [1.54, 1.807) is 18.2 Å². The molecule has 1 aromatic carbocycles. The number of carbonyl (C=O) groups excluding carboxylic acids is 2. The van der Waals surface area contributed by atoms with Crippen molar-refractivity contribution in [1.82, 2.24) is 10.3 Å². The summed E-state index contributed by atoms with van der Waals surface area (Å²) in [4.78, 5) is 28.4. The minimum atomic E-state index is -0.428. The minimum Gasteiger partial charge on any atom is -0.349 e. The number of hydrogen-bond donors (Lipinski definition) is 2. The fourth-order valence-corrected chi connectivity index (χ4v) is 2.58. The first-order valence-corrected chi connectivity index (χ1v) is 7.73. The lowest BCUT2D eigenvalue weighted by molar-refractivity contribution is 0.0958. The Labute approximate surface area is 145 Å². The summed E-state index contributed by atoms with van der Waals surface area (Å²) in [6.45, 7) is 7.68. The molecule has 2 amide bonds. The van der Waals surface area contributed by atoms with Gasteiger partial charge in [0.25, 0.3) is 11.8 Å². The number of benzene rings is 1. The van der Waals surface area contributed by atoms with E-state index in [0.717, 1.165) is 11.1 Å². The average Bonchev–Trinajstić information content (AvgIpc) is 2.55. The van der Waals surface area contributed by atoms with Gasteiger partial charge in [0.05, 0.1) is 10.7 Å². The summed E-state index contributed by atoms with van der Waals surface area (Å²) in [5, 5.41) is 5.86. The van der Waals surface area contributed by atoms with Crippen molar-refractivity contribution in [3.8, 4) is 0 Å². The van der Waals surface area contributed by atoms with Gasteiger partial charge in [-0.2, -0.15) is 0 Å². The van der Waals surface area contributed by atoms with Crippen molar-refractivity contribution >= 4 is 29.1 Å². The number of nitrogens with zero attached hydrogens (tertiary/aromatic N) is 1. The molecule has 0 saturated heterocycles. The minimum absolute atomic E-state index is 0.136. The van der Waals surface area contributed by atoms with Crippen LogP contribution in [0.1, 0.15) is 32.0 Å². The van der Waals surface area contributed by atoms with E-state index in [-0.39, 0.29) is 11.6 Å². The Kier molecular flexibility index (Phi) is 5.71. The molecule has 0 aliphatic rings. The van der Waals surface area contributed by atoms with E-state index in [4.69, 9.17) is 11.6 Å². The van der Waals surface area contributed by atoms with Crippen molar-refractivity contribution in [2.45, 2.75) is 13.8 Å². The molecule has 6 heteroatoms. The van der Waals surface area contributed by atoms with E-state index in [2.05, 4.69) is 22.2 Å². The van der Waals surface area contributed by atoms with Gasteiger partial charge in [0.1, 0.15) is 5.69 Å². The summed E-state index contributed by atoms with van der Waals surface area (Å²) < 4.78 is 0. The van der Waals surface area contributed by atoms with Crippen molar-refractivity contribution in [1.29, 1.82) is 0 Å². The highest BCUT2D eigenvalue weighted by Gasteiger charge is 2.14. The molecular formula is C18H18ClN3O2. The van der Waals surface area contributed by atoms with Crippen LogP contribution < -0.4 is 10.6 Å². The molecule has 2 rings (SSSR count). The smallest absolute Gasteiger partial charge is 0.274 e. The summed E-state index contributed by atoms with van der Waals surface area (Å²) in [6.07, 6.45) is 3.00. The van der Waals surface area contributed by atoms with Gasteiger partial charge in [0.15, 0.2) is 0 Å². The third-order valence-electron chi connectivity index (χ3n) is 3.33. The van der Waals surface area contributed by atoms with Crippen molar-refractivity contribution in [3.63, 3.8) is 0 Å². The highest BCUT2D eigenvalue weighted by atomic mass is 35.5. The van der Waals surface area contributed by atoms with Crippen molar-refractivity contribution < 1.29 is 9.59 Å². The van der Waals surface area contributed by atoms with E-state index in [0.29, 0.717) is 22.8 Å². The molecule has 5 nitrogen and oxygen atoms in total. The number of rotatable bonds is 5. The van der Waals surface area contributed by atoms with Gasteiger partial charge in [-0.25, -0.2) is 0 Å². The molecule has 1 aromatic heterocycles. The molecule has 0 aliphatic carbocycles. The number of pyridine rings is 1. The molecule has 0 spiro atoms. The largest absolute Gasteiger partial charge is 0.349 e. The Morgan fingerprint density at radius 1 is 1.25 bits per heavy atom. The summed E-state index contributed by atoms with van der Waals surface area (Å²) in [5.41, 5.74) is 2.89. The first-order chi connectivity index (χ1) is 11.4. The number of amides is 2. The number of anilines is 1. The molecular weight excluding hydrogens is 326 g/mol. The van der Waals surface area contributed by atoms with Crippen LogP contribution in [0.5, 0.6) is 0 Å². The molecule has 0 bridgehead atoms. The Morgan fingerprint density at radius 2 is 2.00 bits per heavy atom. The van der Waals surface area contributed by atoms with Crippen LogP contribution in [0.4, 0.5) is 5.69 Å². The van der Waals surface area contributed by atoms with Crippen molar-refractivity contribution in [2.24, 2.45) is 0 Å². The fourth-order valence-electron chi connectivity index (χ4n) is 2.21. The van der Waals surface area contributed by atoms with E-state index >= 15 is 0 Å². The number of hydrogen-bond acceptors (Lipinski definition) is 3. The molecule has 2 N–H and O–H groups in total. The number of aryl methyl sites for hydroxylation is 2. The summed E-state index contributed by atoms with van der Waals surface area (Å²) in [5.74, 6) is -0.724. The Morgan fingerprint density at radius 3 is 2.67 bits per heavy atom. The fraction of sp³-hybridized carbons (Fsp3) is 0.167. The van der Waals surface area contributed by atoms with Crippen LogP contribution in [0, 0.1) is 13.8 Å². The monoisotopic (exact) mass is 343 g/mol. The molecule has 124 valence electrons. The quantitative estimate of drug-likeness (QED) is 0.816. The standard InChI is InChI=1S/C18H18ClN3O2/c1-4-6-21-17(23)13-5-7-20-15(10-13)18(24)22-16-12(3)8-11(2)9-14(16)19/h4-5,7-10H,1,6H2,2-3H3,(H,21,23)(H,22,24). The van der Waals surface area contributed by atoms with Crippen LogP contribution in [-0.4, -0.2) is 23.3 Å². The highest BCUT2D eigenvalue weighted by Crippen LogP contribution is 2.27. The third kappa shape index (κ3) is 4.20. The van der Waals surface area contributed by atoms with Crippen LogP contribution in [0.2, 0.25) is 5.02 Å². The first-order valence-electron chi connectivity index (χ1n) is 7.35. The van der Waals surface area contributed by atoms with Crippen LogP contribution in [0.3, 0.4) is 0 Å². The second-order valence-corrected chi connectivity index (χ2v) is 5.73. The van der Waals surface area contributed by atoms with Gasteiger partial charge in [0.2, 0.25) is 0 Å². The Balaban J connectivity index is 2.22. The maximum atomic E-state index is 12.4. The molecule has 1 heterocycles. The van der Waals surface area contributed by atoms with Crippen LogP contribution >= 0.6 is 11.6 Å². The molecule has 0 fully saturated rings. The van der Waals surface area contributed by atoms with Gasteiger partial charge in [-0.1, -0.05) is 23.7 Å². The third-order valence-corrected chi connectivity index (χ3v) is 3.63. The van der Waals surface area contributed by atoms with Gasteiger partial charge in [-0.3, -0.25) is 14.6 Å². The molecule has 0 aliphatic heterocycles. The number of halogens is 1. The van der Waals surface area contributed by atoms with Crippen LogP contribution in [0.15, 0.2) is 43.1 Å². The zero-order chi connectivity index (χ0) is 17.7. The maximum absolute atomic E-state index is 12.4. The summed E-state index contributed by atoms with van der Waals surface area (Å²) >= 11 is 6.20. The molecule has 0 saturated carbocycles. The predicted molar refractivity (Wildman–Crippen MR) is 95.6 cm³/mol. The van der Waals surface area contributed by atoms with Crippen molar-refractivity contribution in [2.75, 3.05) is 11.9 Å². The lowest BCUT2D eigenvalue weighted by Gasteiger charge is -2.11.